The second kappa shape index (κ2) is 6.75. The lowest BCUT2D eigenvalue weighted by Gasteiger charge is -2.28. The van der Waals surface area contributed by atoms with Crippen molar-refractivity contribution < 1.29 is 4.79 Å². The molecule has 0 aliphatic heterocycles. The Labute approximate surface area is 148 Å². The fourth-order valence-electron chi connectivity index (χ4n) is 4.20. The van der Waals surface area contributed by atoms with E-state index in [1.54, 1.807) is 0 Å². The number of fused-ring (bicyclic) bond motifs is 1. The van der Waals surface area contributed by atoms with Crippen molar-refractivity contribution in [3.8, 4) is 0 Å². The molecule has 0 radical (unpaired) electrons. The third-order valence-electron chi connectivity index (χ3n) is 5.57. The molecule has 2 N–H and O–H groups in total. The van der Waals surface area contributed by atoms with Crippen LogP contribution in [-0.4, -0.2) is 17.4 Å². The van der Waals surface area contributed by atoms with Crippen LogP contribution in [-0.2, 0) is 16.6 Å². The smallest absolute Gasteiger partial charge is 0.230 e. The van der Waals surface area contributed by atoms with Gasteiger partial charge in [-0.1, -0.05) is 61.4 Å². The van der Waals surface area contributed by atoms with Crippen LogP contribution in [0.25, 0.3) is 10.9 Å². The molecular weight excluding hydrogens is 308 g/mol. The highest BCUT2D eigenvalue weighted by atomic mass is 16.2. The minimum atomic E-state index is -0.332. The molecule has 128 valence electrons. The van der Waals surface area contributed by atoms with Crippen LogP contribution < -0.4 is 5.32 Å². The number of nitrogens with one attached hydrogen (secondary N) is 2. The Morgan fingerprint density at radius 2 is 1.72 bits per heavy atom. The van der Waals surface area contributed by atoms with Gasteiger partial charge in [0, 0.05) is 23.6 Å². The van der Waals surface area contributed by atoms with Crippen LogP contribution in [0.15, 0.2) is 60.8 Å². The number of benzene rings is 2. The average molecular weight is 332 g/mol. The van der Waals surface area contributed by atoms with Gasteiger partial charge in [-0.05, 0) is 36.5 Å². The molecule has 25 heavy (non-hydrogen) atoms. The zero-order valence-electron chi connectivity index (χ0n) is 14.4. The van der Waals surface area contributed by atoms with E-state index in [-0.39, 0.29) is 11.3 Å². The quantitative estimate of drug-likeness (QED) is 0.717. The third kappa shape index (κ3) is 2.95. The van der Waals surface area contributed by atoms with Crippen molar-refractivity contribution in [2.45, 2.75) is 37.5 Å². The Bertz CT molecular complexity index is 860. The molecule has 3 heteroatoms. The van der Waals surface area contributed by atoms with Crippen LogP contribution in [0.1, 0.15) is 36.8 Å². The van der Waals surface area contributed by atoms with E-state index in [0.29, 0.717) is 6.54 Å². The fourth-order valence-corrected chi connectivity index (χ4v) is 4.20. The Morgan fingerprint density at radius 1 is 1.00 bits per heavy atom. The van der Waals surface area contributed by atoms with Gasteiger partial charge >= 0.3 is 0 Å². The van der Waals surface area contributed by atoms with Crippen molar-refractivity contribution in [2.24, 2.45) is 0 Å². The number of para-hydroxylation sites is 1. The zero-order valence-corrected chi connectivity index (χ0v) is 14.4. The summed E-state index contributed by atoms with van der Waals surface area (Å²) in [6.07, 6.45) is 7.07. The molecule has 3 nitrogen and oxygen atoms in total. The lowest BCUT2D eigenvalue weighted by Crippen LogP contribution is -2.43. The highest BCUT2D eigenvalue weighted by molar-refractivity contribution is 5.88. The topological polar surface area (TPSA) is 44.9 Å². The van der Waals surface area contributed by atoms with Gasteiger partial charge in [-0.3, -0.25) is 4.79 Å². The van der Waals surface area contributed by atoms with Gasteiger partial charge in [-0.15, -0.1) is 0 Å². The normalized spacial score (nSPS) is 16.2. The third-order valence-corrected chi connectivity index (χ3v) is 5.57. The van der Waals surface area contributed by atoms with Gasteiger partial charge in [0.25, 0.3) is 0 Å². The number of hydrogen-bond donors (Lipinski definition) is 2. The van der Waals surface area contributed by atoms with Gasteiger partial charge in [-0.2, -0.15) is 0 Å². The molecule has 0 spiro atoms. The molecule has 0 bridgehead atoms. The SMILES string of the molecule is O=C(NCCc1c[nH]c2ccccc12)C1(c2ccccc2)CCCC1. The van der Waals surface area contributed by atoms with Crippen molar-refractivity contribution in [1.29, 1.82) is 0 Å². The molecule has 1 fully saturated rings. The maximum absolute atomic E-state index is 13.0. The Morgan fingerprint density at radius 3 is 2.52 bits per heavy atom. The maximum Gasteiger partial charge on any atom is 0.230 e. The molecule has 1 amide bonds. The van der Waals surface area contributed by atoms with Crippen molar-refractivity contribution in [1.82, 2.24) is 10.3 Å². The van der Waals surface area contributed by atoms with Crippen LogP contribution >= 0.6 is 0 Å². The van der Waals surface area contributed by atoms with Crippen LogP contribution in [0.3, 0.4) is 0 Å². The van der Waals surface area contributed by atoms with E-state index in [9.17, 15) is 4.79 Å². The van der Waals surface area contributed by atoms with Gasteiger partial charge in [0.2, 0.25) is 5.91 Å². The Kier molecular flexibility index (Phi) is 4.31. The molecule has 2 aromatic carbocycles. The molecule has 1 aliphatic carbocycles. The number of carbonyl (C=O) groups excluding carboxylic acids is 1. The van der Waals surface area contributed by atoms with E-state index in [4.69, 9.17) is 0 Å². The predicted octanol–water partition coefficient (Wildman–Crippen LogP) is 4.34. The van der Waals surface area contributed by atoms with E-state index in [1.807, 2.05) is 24.3 Å². The van der Waals surface area contributed by atoms with Crippen molar-refractivity contribution >= 4 is 16.8 Å². The summed E-state index contributed by atoms with van der Waals surface area (Å²) >= 11 is 0. The number of hydrogen-bond acceptors (Lipinski definition) is 1. The summed E-state index contributed by atoms with van der Waals surface area (Å²) in [5.41, 5.74) is 3.25. The molecule has 1 aliphatic rings. The van der Waals surface area contributed by atoms with E-state index in [2.05, 4.69) is 46.8 Å². The standard InChI is InChI=1S/C22H24N2O/c25-21(22(13-6-7-14-22)18-8-2-1-3-9-18)23-15-12-17-16-24-20-11-5-4-10-19(17)20/h1-5,8-11,16,24H,6-7,12-15H2,(H,23,25). The minimum Gasteiger partial charge on any atom is -0.361 e. The first-order chi connectivity index (χ1) is 12.3. The Hall–Kier alpha value is -2.55. The summed E-state index contributed by atoms with van der Waals surface area (Å²) in [4.78, 5) is 16.3. The number of H-pyrrole nitrogens is 1. The number of aromatic amines is 1. The van der Waals surface area contributed by atoms with Crippen LogP contribution in [0.2, 0.25) is 0 Å². The molecule has 0 saturated heterocycles. The molecule has 1 heterocycles. The van der Waals surface area contributed by atoms with Crippen LogP contribution in [0.5, 0.6) is 0 Å². The molecule has 4 rings (SSSR count). The van der Waals surface area contributed by atoms with Gasteiger partial charge in [0.1, 0.15) is 0 Å². The number of rotatable bonds is 5. The second-order valence-corrected chi connectivity index (χ2v) is 7.02. The number of aromatic nitrogens is 1. The van der Waals surface area contributed by atoms with Gasteiger partial charge in [0.05, 0.1) is 5.41 Å². The summed E-state index contributed by atoms with van der Waals surface area (Å²) in [6.45, 7) is 0.676. The maximum atomic E-state index is 13.0. The first-order valence-corrected chi connectivity index (χ1v) is 9.18. The molecule has 1 aromatic heterocycles. The van der Waals surface area contributed by atoms with Crippen molar-refractivity contribution in [3.63, 3.8) is 0 Å². The largest absolute Gasteiger partial charge is 0.361 e. The predicted molar refractivity (Wildman–Crippen MR) is 102 cm³/mol. The van der Waals surface area contributed by atoms with Gasteiger partial charge < -0.3 is 10.3 Å². The van der Waals surface area contributed by atoms with Crippen molar-refractivity contribution in [3.05, 3.63) is 71.9 Å². The minimum absolute atomic E-state index is 0.191. The van der Waals surface area contributed by atoms with Gasteiger partial charge in [-0.25, -0.2) is 0 Å². The lowest BCUT2D eigenvalue weighted by molar-refractivity contribution is -0.126. The molecule has 0 atom stereocenters. The van der Waals surface area contributed by atoms with E-state index < -0.39 is 0 Å². The van der Waals surface area contributed by atoms with E-state index >= 15 is 0 Å². The van der Waals surface area contributed by atoms with Crippen LogP contribution in [0, 0.1) is 0 Å². The summed E-state index contributed by atoms with van der Waals surface area (Å²) < 4.78 is 0. The van der Waals surface area contributed by atoms with E-state index in [0.717, 1.165) is 43.2 Å². The molecule has 1 saturated carbocycles. The fraction of sp³-hybridized carbons (Fsp3) is 0.318. The lowest BCUT2D eigenvalue weighted by atomic mass is 9.78. The second-order valence-electron chi connectivity index (χ2n) is 7.02. The van der Waals surface area contributed by atoms with E-state index in [1.165, 1.54) is 10.9 Å². The number of amides is 1. The number of carbonyl (C=O) groups is 1. The zero-order chi connectivity index (χ0) is 17.1. The summed E-state index contributed by atoms with van der Waals surface area (Å²) in [7, 11) is 0. The highest BCUT2D eigenvalue weighted by Gasteiger charge is 2.42. The Balaban J connectivity index is 1.46. The van der Waals surface area contributed by atoms with Gasteiger partial charge in [0.15, 0.2) is 0 Å². The van der Waals surface area contributed by atoms with Crippen molar-refractivity contribution in [2.75, 3.05) is 6.54 Å². The summed E-state index contributed by atoms with van der Waals surface area (Å²) in [6, 6.07) is 18.6. The summed E-state index contributed by atoms with van der Waals surface area (Å²) in [5, 5.41) is 4.46. The first kappa shape index (κ1) is 15.9. The molecule has 3 aromatic rings. The molecule has 0 unspecified atom stereocenters. The average Bonchev–Trinajstić information content (AvgIpc) is 3.31. The first-order valence-electron chi connectivity index (χ1n) is 9.18. The monoisotopic (exact) mass is 332 g/mol. The summed E-state index contributed by atoms with van der Waals surface area (Å²) in [5.74, 6) is 0.191. The van der Waals surface area contributed by atoms with Crippen LogP contribution in [0.4, 0.5) is 0 Å². The molecular formula is C22H24N2O. The highest BCUT2D eigenvalue weighted by Crippen LogP contribution is 2.41.